The maximum Gasteiger partial charge on any atom is 0.224 e. The molecular formula is C35H40N2O2. The second-order valence-electron chi connectivity index (χ2n) is 10.3. The van der Waals surface area contributed by atoms with Gasteiger partial charge >= 0.3 is 0 Å². The van der Waals surface area contributed by atoms with Crippen molar-refractivity contribution in [3.63, 3.8) is 0 Å². The van der Waals surface area contributed by atoms with Crippen LogP contribution >= 0.6 is 0 Å². The fourth-order valence-corrected chi connectivity index (χ4v) is 4.88. The third-order valence-corrected chi connectivity index (χ3v) is 7.39. The van der Waals surface area contributed by atoms with Gasteiger partial charge in [0, 0.05) is 32.6 Å². The first-order valence-electron chi connectivity index (χ1n) is 13.8. The van der Waals surface area contributed by atoms with Crippen LogP contribution in [0.25, 0.3) is 0 Å². The number of likely N-dealkylation sites (N-methyl/N-ethyl adjacent to an activating group) is 1. The minimum atomic E-state index is -0.236. The minimum Gasteiger partial charge on any atom is -0.367 e. The number of benzene rings is 4. The standard InChI is InChI=1S/C35H40N2O2/c1-28(37(25-30-16-8-4-9-17-30)26-31-18-10-5-11-19-31)24-34(38)36(3)29(2)35(33-22-14-7-15-23-33)39-27-32-20-12-6-13-21-32/h4-23,28-29,35H,24-27H2,1-3H3/t28-,29-,35+/m0/s1. The molecule has 0 radical (unpaired) electrons. The zero-order chi connectivity index (χ0) is 27.5. The van der Waals surface area contributed by atoms with E-state index in [0.29, 0.717) is 13.0 Å². The number of hydrogen-bond donors (Lipinski definition) is 0. The van der Waals surface area contributed by atoms with E-state index in [1.807, 2.05) is 60.5 Å². The van der Waals surface area contributed by atoms with Crippen LogP contribution in [0.3, 0.4) is 0 Å². The van der Waals surface area contributed by atoms with E-state index in [2.05, 4.69) is 91.5 Å². The maximum atomic E-state index is 13.7. The van der Waals surface area contributed by atoms with Crippen molar-refractivity contribution in [3.8, 4) is 0 Å². The topological polar surface area (TPSA) is 32.8 Å². The summed E-state index contributed by atoms with van der Waals surface area (Å²) in [7, 11) is 1.90. The average molecular weight is 521 g/mol. The molecule has 4 heteroatoms. The van der Waals surface area contributed by atoms with Crippen LogP contribution in [0.15, 0.2) is 121 Å². The van der Waals surface area contributed by atoms with Crippen LogP contribution in [0, 0.1) is 0 Å². The molecule has 0 aliphatic carbocycles. The van der Waals surface area contributed by atoms with Gasteiger partial charge in [0.05, 0.1) is 12.6 Å². The van der Waals surface area contributed by atoms with Gasteiger partial charge in [-0.1, -0.05) is 121 Å². The van der Waals surface area contributed by atoms with Crippen LogP contribution in [0.5, 0.6) is 0 Å². The van der Waals surface area contributed by atoms with Crippen LogP contribution in [-0.2, 0) is 29.2 Å². The molecule has 39 heavy (non-hydrogen) atoms. The van der Waals surface area contributed by atoms with E-state index in [9.17, 15) is 4.79 Å². The summed E-state index contributed by atoms with van der Waals surface area (Å²) in [5.41, 5.74) is 4.68. The fraction of sp³-hybridized carbons (Fsp3) is 0.286. The highest BCUT2D eigenvalue weighted by molar-refractivity contribution is 5.77. The summed E-state index contributed by atoms with van der Waals surface area (Å²) in [6, 6.07) is 41.3. The van der Waals surface area contributed by atoms with Gasteiger partial charge in [0.25, 0.3) is 0 Å². The molecule has 0 N–H and O–H groups in total. The summed E-state index contributed by atoms with van der Waals surface area (Å²) < 4.78 is 6.45. The van der Waals surface area contributed by atoms with Gasteiger partial charge < -0.3 is 9.64 Å². The quantitative estimate of drug-likeness (QED) is 0.186. The van der Waals surface area contributed by atoms with Gasteiger partial charge in [-0.3, -0.25) is 9.69 Å². The molecule has 0 aromatic heterocycles. The van der Waals surface area contributed by atoms with E-state index in [4.69, 9.17) is 4.74 Å². The monoisotopic (exact) mass is 520 g/mol. The van der Waals surface area contributed by atoms with Crippen molar-refractivity contribution >= 4 is 5.91 Å². The van der Waals surface area contributed by atoms with Gasteiger partial charge in [0.2, 0.25) is 5.91 Å². The van der Waals surface area contributed by atoms with Crippen molar-refractivity contribution in [2.45, 2.75) is 58.2 Å². The fourth-order valence-electron chi connectivity index (χ4n) is 4.88. The molecule has 0 heterocycles. The second kappa shape index (κ2) is 14.4. The van der Waals surface area contributed by atoms with Crippen LogP contribution in [-0.4, -0.2) is 34.8 Å². The second-order valence-corrected chi connectivity index (χ2v) is 10.3. The van der Waals surface area contributed by atoms with Gasteiger partial charge in [-0.2, -0.15) is 0 Å². The lowest BCUT2D eigenvalue weighted by Gasteiger charge is -2.35. The SMILES string of the molecule is C[C@@H](CC(=O)N(C)[C@@H](C)[C@@H](OCc1ccccc1)c1ccccc1)N(Cc1ccccc1)Cc1ccccc1. The molecule has 4 nitrogen and oxygen atoms in total. The van der Waals surface area contributed by atoms with Crippen LogP contribution in [0.2, 0.25) is 0 Å². The molecular weight excluding hydrogens is 480 g/mol. The van der Waals surface area contributed by atoms with Gasteiger partial charge in [-0.25, -0.2) is 0 Å². The predicted octanol–water partition coefficient (Wildman–Crippen LogP) is 7.27. The van der Waals surface area contributed by atoms with Gasteiger partial charge in [0.1, 0.15) is 6.10 Å². The van der Waals surface area contributed by atoms with Gasteiger partial charge in [-0.05, 0) is 36.1 Å². The number of hydrogen-bond acceptors (Lipinski definition) is 3. The summed E-state index contributed by atoms with van der Waals surface area (Å²) in [4.78, 5) is 17.9. The molecule has 0 aliphatic rings. The van der Waals surface area contributed by atoms with E-state index >= 15 is 0 Å². The first-order chi connectivity index (χ1) is 19.0. The van der Waals surface area contributed by atoms with E-state index < -0.39 is 0 Å². The molecule has 0 spiro atoms. The van der Waals surface area contributed by atoms with Crippen molar-refractivity contribution in [3.05, 3.63) is 144 Å². The van der Waals surface area contributed by atoms with E-state index in [-0.39, 0.29) is 24.1 Å². The van der Waals surface area contributed by atoms with Crippen molar-refractivity contribution in [1.82, 2.24) is 9.80 Å². The predicted molar refractivity (Wildman–Crippen MR) is 159 cm³/mol. The molecule has 0 unspecified atom stereocenters. The largest absolute Gasteiger partial charge is 0.367 e. The van der Waals surface area contributed by atoms with Crippen LogP contribution in [0.4, 0.5) is 0 Å². The smallest absolute Gasteiger partial charge is 0.224 e. The molecule has 3 atom stereocenters. The normalized spacial score (nSPS) is 13.5. The summed E-state index contributed by atoms with van der Waals surface area (Å²) in [6.45, 7) is 6.30. The Kier molecular flexibility index (Phi) is 10.5. The van der Waals surface area contributed by atoms with Crippen molar-refractivity contribution < 1.29 is 9.53 Å². The van der Waals surface area contributed by atoms with Crippen LogP contribution in [0.1, 0.15) is 48.6 Å². The molecule has 0 aliphatic heterocycles. The van der Waals surface area contributed by atoms with Crippen molar-refractivity contribution in [1.29, 1.82) is 0 Å². The number of amides is 1. The number of rotatable bonds is 13. The third kappa shape index (κ3) is 8.38. The maximum absolute atomic E-state index is 13.7. The highest BCUT2D eigenvalue weighted by Crippen LogP contribution is 2.27. The van der Waals surface area contributed by atoms with Gasteiger partial charge in [0.15, 0.2) is 0 Å². The Morgan fingerprint density at radius 3 is 1.59 bits per heavy atom. The number of nitrogens with zero attached hydrogens (tertiary/aromatic N) is 2. The zero-order valence-electron chi connectivity index (χ0n) is 23.3. The summed E-state index contributed by atoms with van der Waals surface area (Å²) in [5, 5.41) is 0. The first kappa shape index (κ1) is 28.3. The van der Waals surface area contributed by atoms with Crippen LogP contribution < -0.4 is 0 Å². The first-order valence-corrected chi connectivity index (χ1v) is 13.8. The summed E-state index contributed by atoms with van der Waals surface area (Å²) in [5.74, 6) is 0.116. The molecule has 202 valence electrons. The lowest BCUT2D eigenvalue weighted by atomic mass is 10.0. The molecule has 1 amide bonds. The molecule has 0 bridgehead atoms. The van der Waals surface area contributed by atoms with Crippen molar-refractivity contribution in [2.75, 3.05) is 7.05 Å². The molecule has 4 aromatic rings. The minimum absolute atomic E-state index is 0.0629. The van der Waals surface area contributed by atoms with E-state index in [1.165, 1.54) is 11.1 Å². The Bertz CT molecular complexity index is 1210. The Morgan fingerprint density at radius 2 is 1.10 bits per heavy atom. The number of carbonyl (C=O) groups excluding carboxylic acids is 1. The lowest BCUT2D eigenvalue weighted by Crippen LogP contribution is -2.43. The Morgan fingerprint density at radius 1 is 0.667 bits per heavy atom. The zero-order valence-corrected chi connectivity index (χ0v) is 23.3. The number of carbonyl (C=O) groups is 1. The Hall–Kier alpha value is -3.73. The lowest BCUT2D eigenvalue weighted by molar-refractivity contribution is -0.136. The summed E-state index contributed by atoms with van der Waals surface area (Å²) in [6.07, 6.45) is 0.196. The number of ether oxygens (including phenoxy) is 1. The van der Waals surface area contributed by atoms with Gasteiger partial charge in [-0.15, -0.1) is 0 Å². The Labute approximate surface area is 233 Å². The van der Waals surface area contributed by atoms with E-state index in [1.54, 1.807) is 0 Å². The summed E-state index contributed by atoms with van der Waals surface area (Å²) >= 11 is 0. The molecule has 0 fully saturated rings. The molecule has 4 rings (SSSR count). The van der Waals surface area contributed by atoms with Crippen molar-refractivity contribution in [2.24, 2.45) is 0 Å². The average Bonchev–Trinajstić information content (AvgIpc) is 2.98. The molecule has 0 saturated carbocycles. The molecule has 0 saturated heterocycles. The highest BCUT2D eigenvalue weighted by Gasteiger charge is 2.28. The van der Waals surface area contributed by atoms with E-state index in [0.717, 1.165) is 24.2 Å². The molecule has 4 aromatic carbocycles. The third-order valence-electron chi connectivity index (χ3n) is 7.39. The Balaban J connectivity index is 1.46. The highest BCUT2D eigenvalue weighted by atomic mass is 16.5.